The molecule has 0 aliphatic carbocycles. The first-order chi connectivity index (χ1) is 16.5. The first kappa shape index (κ1) is 23.1. The minimum absolute atomic E-state index is 0.193. The van der Waals surface area contributed by atoms with E-state index in [0.29, 0.717) is 12.2 Å². The number of fused-ring (bicyclic) bond motifs is 1. The van der Waals surface area contributed by atoms with E-state index in [1.807, 2.05) is 12.1 Å². The predicted molar refractivity (Wildman–Crippen MR) is 129 cm³/mol. The summed E-state index contributed by atoms with van der Waals surface area (Å²) in [6.07, 6.45) is 11.9. The second-order valence-corrected chi connectivity index (χ2v) is 8.08. The van der Waals surface area contributed by atoms with Gasteiger partial charge >= 0.3 is 5.97 Å². The van der Waals surface area contributed by atoms with Gasteiger partial charge in [0.15, 0.2) is 5.75 Å². The molecule has 34 heavy (non-hydrogen) atoms. The first-order valence-electron chi connectivity index (χ1n) is 10.9. The quantitative estimate of drug-likeness (QED) is 0.346. The number of aromatic amines is 1. The number of hydrogen-bond donors (Lipinski definition) is 4. The van der Waals surface area contributed by atoms with Gasteiger partial charge in [0, 0.05) is 43.9 Å². The third kappa shape index (κ3) is 5.09. The van der Waals surface area contributed by atoms with E-state index in [1.54, 1.807) is 36.6 Å². The minimum Gasteiger partial charge on any atom is -0.493 e. The van der Waals surface area contributed by atoms with Gasteiger partial charge in [0.05, 0.1) is 48.4 Å². The van der Waals surface area contributed by atoms with E-state index in [-0.39, 0.29) is 11.6 Å². The lowest BCUT2D eigenvalue weighted by Crippen LogP contribution is -2.43. The predicted octanol–water partition coefficient (Wildman–Crippen LogP) is 2.11. The molecule has 1 atom stereocenters. The van der Waals surface area contributed by atoms with Crippen molar-refractivity contribution < 1.29 is 14.6 Å². The number of nitrogens with one attached hydrogen (secondary N) is 1. The summed E-state index contributed by atoms with van der Waals surface area (Å²) in [5.41, 5.74) is 15.8. The number of nitrogens with zero attached hydrogens (tertiary/aromatic N) is 5. The molecule has 178 valence electrons. The molecule has 0 aromatic carbocycles. The number of nitrogen functional groups attached to an aromatic ring is 1. The summed E-state index contributed by atoms with van der Waals surface area (Å²) in [4.78, 5) is 24.2. The maximum Gasteiger partial charge on any atom is 0.338 e. The fourth-order valence-corrected chi connectivity index (χ4v) is 4.00. The van der Waals surface area contributed by atoms with Crippen molar-refractivity contribution in [1.82, 2.24) is 24.7 Å². The number of carboxylic acids is 1. The fraction of sp³-hybridized carbons (Fsp3) is 0.304. The zero-order valence-electron chi connectivity index (χ0n) is 18.9. The second kappa shape index (κ2) is 10.2. The van der Waals surface area contributed by atoms with Gasteiger partial charge in [-0.25, -0.2) is 9.78 Å². The fourth-order valence-electron chi connectivity index (χ4n) is 4.00. The van der Waals surface area contributed by atoms with Crippen LogP contribution in [0.4, 0.5) is 11.4 Å². The van der Waals surface area contributed by atoms with Crippen LogP contribution in [-0.2, 0) is 6.54 Å². The molecule has 1 saturated heterocycles. The third-order valence-corrected chi connectivity index (χ3v) is 5.61. The van der Waals surface area contributed by atoms with Crippen molar-refractivity contribution in [3.8, 4) is 5.75 Å². The average molecular weight is 465 g/mol. The van der Waals surface area contributed by atoms with Crippen LogP contribution >= 0.6 is 0 Å². The molecule has 1 aliphatic heterocycles. The van der Waals surface area contributed by atoms with Crippen molar-refractivity contribution >= 4 is 28.4 Å². The number of hydrogen-bond acceptors (Lipinski definition) is 8. The van der Waals surface area contributed by atoms with E-state index >= 15 is 0 Å². The largest absolute Gasteiger partial charge is 0.493 e. The van der Waals surface area contributed by atoms with Gasteiger partial charge in [0.2, 0.25) is 0 Å². The number of carbonyl (C=O) groups is 1. The molecule has 5 rings (SSSR count). The van der Waals surface area contributed by atoms with Crippen molar-refractivity contribution in [3.05, 3.63) is 60.4 Å². The SMILES string of the molecule is COc1cnc2[nH]cc(N)c2c1N1CCC[C@@H](N)C1.O=C(O)c1cnn(Cc2cccnc2)c1. The van der Waals surface area contributed by atoms with Crippen LogP contribution in [0.5, 0.6) is 5.75 Å². The molecule has 6 N–H and O–H groups in total. The van der Waals surface area contributed by atoms with Crippen molar-refractivity contribution in [2.45, 2.75) is 25.4 Å². The molecular weight excluding hydrogens is 436 g/mol. The molecule has 5 heterocycles. The Morgan fingerprint density at radius 2 is 2.21 bits per heavy atom. The topological polar surface area (TPSA) is 161 Å². The number of aromatic nitrogens is 5. The van der Waals surface area contributed by atoms with E-state index in [9.17, 15) is 4.79 Å². The number of rotatable bonds is 5. The van der Waals surface area contributed by atoms with Crippen LogP contribution in [0.15, 0.2) is 49.3 Å². The lowest BCUT2D eigenvalue weighted by Gasteiger charge is -2.33. The summed E-state index contributed by atoms with van der Waals surface area (Å²) in [5.74, 6) is -0.222. The summed E-state index contributed by atoms with van der Waals surface area (Å²) < 4.78 is 7.02. The van der Waals surface area contributed by atoms with Gasteiger partial charge in [-0.3, -0.25) is 9.67 Å². The Morgan fingerprint density at radius 3 is 2.88 bits per heavy atom. The van der Waals surface area contributed by atoms with E-state index in [4.69, 9.17) is 21.3 Å². The third-order valence-electron chi connectivity index (χ3n) is 5.61. The van der Waals surface area contributed by atoms with Crippen molar-refractivity contribution in [2.24, 2.45) is 5.73 Å². The van der Waals surface area contributed by atoms with Gasteiger partial charge < -0.3 is 31.2 Å². The molecule has 0 unspecified atom stereocenters. The molecule has 11 heteroatoms. The summed E-state index contributed by atoms with van der Waals surface area (Å²) in [6, 6.07) is 3.94. The highest BCUT2D eigenvalue weighted by molar-refractivity contribution is 6.02. The summed E-state index contributed by atoms with van der Waals surface area (Å²) in [7, 11) is 1.65. The van der Waals surface area contributed by atoms with Gasteiger partial charge in [-0.1, -0.05) is 6.07 Å². The lowest BCUT2D eigenvalue weighted by molar-refractivity contribution is 0.0696. The molecule has 1 fully saturated rings. The van der Waals surface area contributed by atoms with Crippen LogP contribution in [0.1, 0.15) is 28.8 Å². The highest BCUT2D eigenvalue weighted by atomic mass is 16.5. The van der Waals surface area contributed by atoms with Crippen LogP contribution in [0, 0.1) is 0 Å². The Hall–Kier alpha value is -4.12. The normalized spacial score (nSPS) is 15.6. The van der Waals surface area contributed by atoms with Gasteiger partial charge in [-0.15, -0.1) is 0 Å². The first-order valence-corrected chi connectivity index (χ1v) is 10.9. The van der Waals surface area contributed by atoms with Gasteiger partial charge in [0.25, 0.3) is 0 Å². The number of ether oxygens (including phenoxy) is 1. The van der Waals surface area contributed by atoms with E-state index in [2.05, 4.69) is 25.0 Å². The van der Waals surface area contributed by atoms with Crippen molar-refractivity contribution in [2.75, 3.05) is 30.8 Å². The Labute approximate surface area is 196 Å². The zero-order valence-corrected chi connectivity index (χ0v) is 18.9. The molecule has 0 radical (unpaired) electrons. The van der Waals surface area contributed by atoms with Crippen LogP contribution in [0.25, 0.3) is 11.0 Å². The van der Waals surface area contributed by atoms with Crippen LogP contribution in [0.3, 0.4) is 0 Å². The van der Waals surface area contributed by atoms with E-state index < -0.39 is 5.97 Å². The maximum absolute atomic E-state index is 10.6. The van der Waals surface area contributed by atoms with Crippen LogP contribution in [-0.4, -0.2) is 62.0 Å². The number of piperidine rings is 1. The molecule has 0 bridgehead atoms. The molecule has 1 aliphatic rings. The van der Waals surface area contributed by atoms with Crippen molar-refractivity contribution in [1.29, 1.82) is 0 Å². The number of anilines is 2. The average Bonchev–Trinajstić information content (AvgIpc) is 3.46. The number of aromatic carboxylic acids is 1. The molecule has 11 nitrogen and oxygen atoms in total. The Morgan fingerprint density at radius 1 is 1.35 bits per heavy atom. The van der Waals surface area contributed by atoms with Crippen LogP contribution < -0.4 is 21.1 Å². The Kier molecular flexibility index (Phi) is 6.93. The summed E-state index contributed by atoms with van der Waals surface area (Å²) in [6.45, 7) is 2.31. The molecule has 4 aromatic heterocycles. The molecule has 0 saturated carbocycles. The number of H-pyrrole nitrogens is 1. The monoisotopic (exact) mass is 464 g/mol. The van der Waals surface area contributed by atoms with Gasteiger partial charge in [0.1, 0.15) is 5.65 Å². The van der Waals surface area contributed by atoms with Gasteiger partial charge in [-0.05, 0) is 24.5 Å². The molecule has 4 aromatic rings. The maximum atomic E-state index is 10.6. The second-order valence-electron chi connectivity index (χ2n) is 8.08. The number of methoxy groups -OCH3 is 1. The standard InChI is InChI=1S/C13H19N5O.C10H9N3O2/c1-19-10-6-17-13-11(9(15)5-16-13)12(10)18-4-2-3-8(14)7-18;14-10(15)9-5-12-13(7-9)6-8-2-1-3-11-4-8/h5-6,8H,2-4,7,14-15H2,1H3,(H,16,17);1-5,7H,6H2,(H,14,15)/t8-;/m1./s1. The minimum atomic E-state index is -0.965. The zero-order chi connectivity index (χ0) is 24.1. The highest BCUT2D eigenvalue weighted by Crippen LogP contribution is 2.39. The Balaban J connectivity index is 0.000000166. The van der Waals surface area contributed by atoms with Crippen molar-refractivity contribution in [3.63, 3.8) is 0 Å². The lowest BCUT2D eigenvalue weighted by atomic mass is 10.0. The smallest absolute Gasteiger partial charge is 0.338 e. The van der Waals surface area contributed by atoms with Gasteiger partial charge in [-0.2, -0.15) is 5.10 Å². The van der Waals surface area contributed by atoms with E-state index in [0.717, 1.165) is 54.0 Å². The molecule has 0 spiro atoms. The van der Waals surface area contributed by atoms with E-state index in [1.165, 1.54) is 12.4 Å². The molecular formula is C23H28N8O3. The molecule has 0 amide bonds. The van der Waals surface area contributed by atoms with Crippen LogP contribution in [0.2, 0.25) is 0 Å². The number of carboxylic acid groups (broad SMARTS) is 1. The summed E-state index contributed by atoms with van der Waals surface area (Å²) >= 11 is 0. The number of nitrogens with two attached hydrogens (primary N) is 2. The Bertz CT molecular complexity index is 1250. The highest BCUT2D eigenvalue weighted by Gasteiger charge is 2.24. The summed E-state index contributed by atoms with van der Waals surface area (Å²) in [5, 5.41) is 13.6. The number of pyridine rings is 2.